The molecule has 1 aromatic heterocycles. The summed E-state index contributed by atoms with van der Waals surface area (Å²) in [4.78, 5) is 54.7. The van der Waals surface area contributed by atoms with Gasteiger partial charge in [0.2, 0.25) is 11.8 Å². The Balaban J connectivity index is 1.69. The number of aromatic amines is 1. The standard InChI is InChI=1S/C18H26N4O5/c1-13-10-22(17(26)19-15(13)24)11-14(23)21-7-5-18(12-21)4-3-6-20(16(18)25)8-9-27-2/h10H,3-9,11-12H2,1-2H3,(H,19,24,26)/t18-/m0/s1. The molecule has 27 heavy (non-hydrogen) atoms. The fraction of sp³-hybridized carbons (Fsp3) is 0.667. The van der Waals surface area contributed by atoms with E-state index in [-0.39, 0.29) is 18.4 Å². The second kappa shape index (κ2) is 7.67. The molecule has 1 spiro atoms. The summed E-state index contributed by atoms with van der Waals surface area (Å²) in [6.07, 6.45) is 3.72. The van der Waals surface area contributed by atoms with Gasteiger partial charge < -0.3 is 14.5 Å². The molecule has 0 aromatic carbocycles. The molecule has 0 bridgehead atoms. The van der Waals surface area contributed by atoms with Gasteiger partial charge in [-0.25, -0.2) is 4.79 Å². The van der Waals surface area contributed by atoms with Crippen LogP contribution < -0.4 is 11.2 Å². The average molecular weight is 378 g/mol. The summed E-state index contributed by atoms with van der Waals surface area (Å²) in [6, 6.07) is 0. The number of nitrogens with one attached hydrogen (secondary N) is 1. The van der Waals surface area contributed by atoms with Gasteiger partial charge in [-0.15, -0.1) is 0 Å². The SMILES string of the molecule is COCCN1CCC[C@@]2(CCN(C(=O)Cn3cc(C)c(=O)[nH]c3=O)C2)C1=O. The number of aryl methyl sites for hydroxylation is 1. The Morgan fingerprint density at radius 3 is 2.78 bits per heavy atom. The highest BCUT2D eigenvalue weighted by Gasteiger charge is 2.49. The van der Waals surface area contributed by atoms with E-state index < -0.39 is 16.7 Å². The molecule has 0 unspecified atom stereocenters. The Bertz CT molecular complexity index is 845. The molecule has 3 heterocycles. The van der Waals surface area contributed by atoms with Gasteiger partial charge in [-0.2, -0.15) is 0 Å². The van der Waals surface area contributed by atoms with Gasteiger partial charge in [0.1, 0.15) is 6.54 Å². The first-order valence-corrected chi connectivity index (χ1v) is 9.23. The molecule has 2 fully saturated rings. The second-order valence-corrected chi connectivity index (χ2v) is 7.43. The van der Waals surface area contributed by atoms with Crippen LogP contribution in [0.25, 0.3) is 0 Å². The number of H-pyrrole nitrogens is 1. The van der Waals surface area contributed by atoms with Gasteiger partial charge in [0, 0.05) is 45.0 Å². The summed E-state index contributed by atoms with van der Waals surface area (Å²) in [7, 11) is 1.61. The predicted octanol–water partition coefficient (Wildman–Crippen LogP) is -0.667. The van der Waals surface area contributed by atoms with Crippen LogP contribution in [0.3, 0.4) is 0 Å². The van der Waals surface area contributed by atoms with Gasteiger partial charge >= 0.3 is 5.69 Å². The first-order valence-electron chi connectivity index (χ1n) is 9.23. The molecule has 1 N–H and O–H groups in total. The zero-order valence-corrected chi connectivity index (χ0v) is 15.8. The highest BCUT2D eigenvalue weighted by Crippen LogP contribution is 2.40. The zero-order valence-electron chi connectivity index (χ0n) is 15.8. The van der Waals surface area contributed by atoms with E-state index in [0.717, 1.165) is 19.4 Å². The molecular weight excluding hydrogens is 352 g/mol. The van der Waals surface area contributed by atoms with Crippen molar-refractivity contribution in [3.05, 3.63) is 32.6 Å². The van der Waals surface area contributed by atoms with Crippen molar-refractivity contribution < 1.29 is 14.3 Å². The van der Waals surface area contributed by atoms with E-state index in [1.165, 1.54) is 10.8 Å². The Kier molecular flexibility index (Phi) is 5.50. The number of carbonyl (C=O) groups excluding carboxylic acids is 2. The maximum Gasteiger partial charge on any atom is 0.328 e. The number of likely N-dealkylation sites (tertiary alicyclic amines) is 2. The number of methoxy groups -OCH3 is 1. The van der Waals surface area contributed by atoms with Crippen LogP contribution in [-0.2, 0) is 20.9 Å². The molecular formula is C18H26N4O5. The third-order valence-corrected chi connectivity index (χ3v) is 5.59. The lowest BCUT2D eigenvalue weighted by molar-refractivity contribution is -0.146. The fourth-order valence-electron chi connectivity index (χ4n) is 4.01. The quantitative estimate of drug-likeness (QED) is 0.732. The van der Waals surface area contributed by atoms with Crippen molar-refractivity contribution in [2.24, 2.45) is 5.41 Å². The summed E-state index contributed by atoms with van der Waals surface area (Å²) < 4.78 is 6.29. The van der Waals surface area contributed by atoms with E-state index >= 15 is 0 Å². The normalized spacial score (nSPS) is 22.7. The van der Waals surface area contributed by atoms with E-state index in [1.54, 1.807) is 18.9 Å². The third kappa shape index (κ3) is 3.83. The van der Waals surface area contributed by atoms with E-state index in [2.05, 4.69) is 4.98 Å². The Hall–Kier alpha value is -2.42. The average Bonchev–Trinajstić information content (AvgIpc) is 3.06. The first kappa shape index (κ1) is 19.3. The summed E-state index contributed by atoms with van der Waals surface area (Å²) in [5.74, 6) is -0.125. The number of hydrogen-bond donors (Lipinski definition) is 1. The number of piperidine rings is 1. The molecule has 1 atom stereocenters. The predicted molar refractivity (Wildman–Crippen MR) is 97.4 cm³/mol. The minimum absolute atomic E-state index is 0.0955. The molecule has 0 saturated carbocycles. The van der Waals surface area contributed by atoms with Gasteiger partial charge in [-0.1, -0.05) is 0 Å². The first-order chi connectivity index (χ1) is 12.9. The third-order valence-electron chi connectivity index (χ3n) is 5.59. The molecule has 148 valence electrons. The highest BCUT2D eigenvalue weighted by atomic mass is 16.5. The number of ether oxygens (including phenoxy) is 1. The largest absolute Gasteiger partial charge is 0.383 e. The number of aromatic nitrogens is 2. The van der Waals surface area contributed by atoms with Gasteiger partial charge in [-0.05, 0) is 26.2 Å². The molecule has 2 amide bonds. The Morgan fingerprint density at radius 2 is 2.04 bits per heavy atom. The van der Waals surface area contributed by atoms with Crippen LogP contribution in [0, 0.1) is 12.3 Å². The maximum atomic E-state index is 13.0. The fourth-order valence-corrected chi connectivity index (χ4v) is 4.01. The number of rotatable bonds is 5. The van der Waals surface area contributed by atoms with Crippen LogP contribution in [0.15, 0.2) is 15.8 Å². The number of amides is 2. The van der Waals surface area contributed by atoms with Crippen LogP contribution in [0.1, 0.15) is 24.8 Å². The number of carbonyl (C=O) groups is 2. The van der Waals surface area contributed by atoms with Crippen LogP contribution in [0.5, 0.6) is 0 Å². The van der Waals surface area contributed by atoms with Crippen molar-refractivity contribution in [2.75, 3.05) is 39.9 Å². The lowest BCUT2D eigenvalue weighted by Gasteiger charge is -2.39. The van der Waals surface area contributed by atoms with Crippen molar-refractivity contribution in [1.82, 2.24) is 19.4 Å². The molecule has 2 saturated heterocycles. The molecule has 9 nitrogen and oxygen atoms in total. The van der Waals surface area contributed by atoms with Gasteiger partial charge in [0.25, 0.3) is 5.56 Å². The van der Waals surface area contributed by atoms with E-state index in [1.807, 2.05) is 4.90 Å². The Labute approximate surface area is 156 Å². The van der Waals surface area contributed by atoms with E-state index in [4.69, 9.17) is 4.74 Å². The van der Waals surface area contributed by atoms with Crippen LogP contribution in [0.4, 0.5) is 0 Å². The maximum absolute atomic E-state index is 13.0. The molecule has 1 aromatic rings. The van der Waals surface area contributed by atoms with Crippen molar-refractivity contribution in [3.63, 3.8) is 0 Å². The second-order valence-electron chi connectivity index (χ2n) is 7.43. The van der Waals surface area contributed by atoms with Crippen molar-refractivity contribution in [3.8, 4) is 0 Å². The van der Waals surface area contributed by atoms with Crippen molar-refractivity contribution in [1.29, 1.82) is 0 Å². The van der Waals surface area contributed by atoms with Gasteiger partial charge in [0.15, 0.2) is 0 Å². The lowest BCUT2D eigenvalue weighted by atomic mass is 9.78. The lowest BCUT2D eigenvalue weighted by Crippen LogP contribution is -2.51. The molecule has 0 aliphatic carbocycles. The topological polar surface area (TPSA) is 105 Å². The zero-order chi connectivity index (χ0) is 19.6. The van der Waals surface area contributed by atoms with Crippen LogP contribution in [-0.4, -0.2) is 71.1 Å². The summed E-state index contributed by atoms with van der Waals surface area (Å²) in [5, 5.41) is 0. The van der Waals surface area contributed by atoms with Gasteiger partial charge in [0.05, 0.1) is 12.0 Å². The minimum atomic E-state index is -0.604. The molecule has 2 aliphatic rings. The minimum Gasteiger partial charge on any atom is -0.383 e. The summed E-state index contributed by atoms with van der Waals surface area (Å²) >= 11 is 0. The van der Waals surface area contributed by atoms with E-state index in [0.29, 0.717) is 38.2 Å². The highest BCUT2D eigenvalue weighted by molar-refractivity contribution is 5.86. The van der Waals surface area contributed by atoms with Crippen molar-refractivity contribution in [2.45, 2.75) is 32.7 Å². The monoisotopic (exact) mass is 378 g/mol. The molecule has 2 aliphatic heterocycles. The Morgan fingerprint density at radius 1 is 1.26 bits per heavy atom. The smallest absolute Gasteiger partial charge is 0.328 e. The molecule has 0 radical (unpaired) electrons. The summed E-state index contributed by atoms with van der Waals surface area (Å²) in [6.45, 7) is 4.11. The number of hydrogen-bond acceptors (Lipinski definition) is 5. The van der Waals surface area contributed by atoms with E-state index in [9.17, 15) is 19.2 Å². The van der Waals surface area contributed by atoms with Crippen LogP contribution in [0.2, 0.25) is 0 Å². The number of nitrogens with zero attached hydrogens (tertiary/aromatic N) is 3. The summed E-state index contributed by atoms with van der Waals surface area (Å²) in [5.41, 5.74) is -1.20. The molecule has 9 heteroatoms. The van der Waals surface area contributed by atoms with Crippen LogP contribution >= 0.6 is 0 Å². The molecule has 3 rings (SSSR count). The van der Waals surface area contributed by atoms with Gasteiger partial charge in [-0.3, -0.25) is 23.9 Å². The van der Waals surface area contributed by atoms with Crippen molar-refractivity contribution >= 4 is 11.8 Å².